The van der Waals surface area contributed by atoms with Gasteiger partial charge in [-0.15, -0.1) is 10.2 Å². The molecule has 1 saturated carbocycles. The molecular formula is C27H23N3O7S. The standard InChI is InChI=1S/C27H23N3O7S/c31-25-16-10-4-5-11-17(16)26(32)23-22(25)20(28-15-8-2-1-3-9-15)14-21(38(35,36)37)24(23)30-29-19-13-7-6-12-18(19)27(33)34/h4-7,10-15,28H,1-3,8-9H2,(H,33,34)(H,35,36,37)/b30-29+. The first-order valence-corrected chi connectivity index (χ1v) is 13.5. The van der Waals surface area contributed by atoms with Gasteiger partial charge in [0, 0.05) is 22.9 Å². The van der Waals surface area contributed by atoms with Crippen molar-refractivity contribution in [1.82, 2.24) is 0 Å². The van der Waals surface area contributed by atoms with Gasteiger partial charge in [-0.1, -0.05) is 55.7 Å². The number of anilines is 1. The number of carboxylic acid groups (broad SMARTS) is 1. The van der Waals surface area contributed by atoms with E-state index in [9.17, 15) is 32.5 Å². The van der Waals surface area contributed by atoms with Crippen LogP contribution in [0.2, 0.25) is 0 Å². The minimum absolute atomic E-state index is 0.0583. The summed E-state index contributed by atoms with van der Waals surface area (Å²) in [6, 6.07) is 12.9. The van der Waals surface area contributed by atoms with Crippen LogP contribution in [0.25, 0.3) is 0 Å². The first-order chi connectivity index (χ1) is 18.2. The number of hydrogen-bond donors (Lipinski definition) is 3. The number of hydrogen-bond acceptors (Lipinski definition) is 8. The van der Waals surface area contributed by atoms with Gasteiger partial charge >= 0.3 is 5.97 Å². The molecule has 0 saturated heterocycles. The van der Waals surface area contributed by atoms with E-state index in [4.69, 9.17) is 0 Å². The second-order valence-corrected chi connectivity index (χ2v) is 10.6. The van der Waals surface area contributed by atoms with E-state index in [2.05, 4.69) is 15.5 Å². The Hall–Kier alpha value is -4.22. The van der Waals surface area contributed by atoms with Gasteiger partial charge in [-0.3, -0.25) is 14.1 Å². The Bertz CT molecular complexity index is 1620. The van der Waals surface area contributed by atoms with Gasteiger partial charge in [-0.25, -0.2) is 4.79 Å². The fourth-order valence-electron chi connectivity index (χ4n) is 4.98. The highest BCUT2D eigenvalue weighted by Crippen LogP contribution is 2.43. The number of azo groups is 1. The maximum Gasteiger partial charge on any atom is 0.337 e. The smallest absolute Gasteiger partial charge is 0.337 e. The van der Waals surface area contributed by atoms with Crippen LogP contribution in [-0.4, -0.2) is 41.7 Å². The Morgan fingerprint density at radius 1 is 0.868 bits per heavy atom. The number of carbonyl (C=O) groups is 3. The summed E-state index contributed by atoms with van der Waals surface area (Å²) >= 11 is 0. The molecule has 0 bridgehead atoms. The predicted octanol–water partition coefficient (Wildman–Crippen LogP) is 5.57. The van der Waals surface area contributed by atoms with Crippen LogP contribution in [0.3, 0.4) is 0 Å². The van der Waals surface area contributed by atoms with E-state index >= 15 is 0 Å². The average Bonchev–Trinajstić information content (AvgIpc) is 2.90. The van der Waals surface area contributed by atoms with Crippen molar-refractivity contribution in [2.75, 3.05) is 5.32 Å². The molecule has 194 valence electrons. The molecule has 0 aromatic heterocycles. The zero-order valence-corrected chi connectivity index (χ0v) is 20.9. The lowest BCUT2D eigenvalue weighted by Crippen LogP contribution is -2.27. The molecule has 3 aromatic rings. The zero-order valence-electron chi connectivity index (χ0n) is 20.0. The molecule has 10 nitrogen and oxygen atoms in total. The zero-order chi connectivity index (χ0) is 27.0. The number of aromatic carboxylic acids is 1. The number of ketones is 2. The van der Waals surface area contributed by atoms with Crippen molar-refractivity contribution in [1.29, 1.82) is 0 Å². The molecule has 0 heterocycles. The number of carbonyl (C=O) groups excluding carboxylic acids is 2. The van der Waals surface area contributed by atoms with Crippen LogP contribution in [0.5, 0.6) is 0 Å². The molecule has 11 heteroatoms. The van der Waals surface area contributed by atoms with E-state index in [0.29, 0.717) is 0 Å². The quantitative estimate of drug-likeness (QED) is 0.214. The van der Waals surface area contributed by atoms with Crippen molar-refractivity contribution >= 4 is 44.7 Å². The molecule has 0 radical (unpaired) electrons. The van der Waals surface area contributed by atoms with E-state index in [0.717, 1.165) is 38.2 Å². The highest BCUT2D eigenvalue weighted by atomic mass is 32.2. The molecule has 2 aliphatic carbocycles. The number of nitrogens with one attached hydrogen (secondary N) is 1. The maximum atomic E-state index is 13.7. The lowest BCUT2D eigenvalue weighted by molar-refractivity contribution is 0.0697. The molecule has 2 aliphatic rings. The van der Waals surface area contributed by atoms with Gasteiger partial charge in [0.05, 0.1) is 16.7 Å². The van der Waals surface area contributed by atoms with Crippen molar-refractivity contribution in [3.8, 4) is 0 Å². The third-order valence-electron chi connectivity index (χ3n) is 6.77. The maximum absolute atomic E-state index is 13.7. The Balaban J connectivity index is 1.78. The summed E-state index contributed by atoms with van der Waals surface area (Å²) in [7, 11) is -4.95. The summed E-state index contributed by atoms with van der Waals surface area (Å²) in [4.78, 5) is 38.3. The topological polar surface area (TPSA) is 163 Å². The number of rotatable bonds is 6. The lowest BCUT2D eigenvalue weighted by atomic mass is 9.82. The third kappa shape index (κ3) is 4.61. The molecule has 1 fully saturated rings. The number of benzene rings is 3. The minimum atomic E-state index is -4.95. The van der Waals surface area contributed by atoms with E-state index in [-0.39, 0.29) is 45.2 Å². The molecule has 5 rings (SSSR count). The van der Waals surface area contributed by atoms with Crippen molar-refractivity contribution in [3.05, 3.63) is 82.4 Å². The summed E-state index contributed by atoms with van der Waals surface area (Å²) in [6.45, 7) is 0. The van der Waals surface area contributed by atoms with E-state index in [1.807, 2.05) is 0 Å². The van der Waals surface area contributed by atoms with Crippen molar-refractivity contribution in [3.63, 3.8) is 0 Å². The van der Waals surface area contributed by atoms with E-state index in [1.165, 1.54) is 36.4 Å². The molecule has 3 N–H and O–H groups in total. The predicted molar refractivity (Wildman–Crippen MR) is 138 cm³/mol. The molecule has 38 heavy (non-hydrogen) atoms. The Kier molecular flexibility index (Phi) is 6.64. The van der Waals surface area contributed by atoms with Crippen LogP contribution in [-0.2, 0) is 10.1 Å². The molecule has 0 amide bonds. The second-order valence-electron chi connectivity index (χ2n) is 9.20. The molecule has 0 atom stereocenters. The Morgan fingerprint density at radius 2 is 1.47 bits per heavy atom. The molecule has 0 aliphatic heterocycles. The average molecular weight is 534 g/mol. The summed E-state index contributed by atoms with van der Waals surface area (Å²) in [5, 5.41) is 20.6. The fourth-order valence-corrected chi connectivity index (χ4v) is 5.63. The van der Waals surface area contributed by atoms with Crippen LogP contribution < -0.4 is 5.32 Å². The summed E-state index contributed by atoms with van der Waals surface area (Å²) in [5.74, 6) is -2.45. The molecule has 0 unspecified atom stereocenters. The van der Waals surface area contributed by atoms with Crippen LogP contribution >= 0.6 is 0 Å². The van der Waals surface area contributed by atoms with Gasteiger partial charge in [-0.05, 0) is 31.0 Å². The monoisotopic (exact) mass is 533 g/mol. The minimum Gasteiger partial charge on any atom is -0.478 e. The van der Waals surface area contributed by atoms with E-state index in [1.54, 1.807) is 12.1 Å². The van der Waals surface area contributed by atoms with Gasteiger partial charge in [0.1, 0.15) is 16.3 Å². The summed E-state index contributed by atoms with van der Waals surface area (Å²) in [5.41, 5.74) is -0.900. The molecule has 0 spiro atoms. The summed E-state index contributed by atoms with van der Waals surface area (Å²) in [6.07, 6.45) is 4.56. The first-order valence-electron chi connectivity index (χ1n) is 12.0. The number of fused-ring (bicyclic) bond motifs is 2. The van der Waals surface area contributed by atoms with Crippen LogP contribution in [0.15, 0.2) is 69.7 Å². The Labute approximate surface area is 218 Å². The second kappa shape index (κ2) is 9.92. The highest BCUT2D eigenvalue weighted by molar-refractivity contribution is 7.86. The van der Waals surface area contributed by atoms with Gasteiger partial charge < -0.3 is 10.4 Å². The van der Waals surface area contributed by atoms with Gasteiger partial charge in [0.15, 0.2) is 11.6 Å². The van der Waals surface area contributed by atoms with E-state index < -0.39 is 38.2 Å². The van der Waals surface area contributed by atoms with Crippen LogP contribution in [0.1, 0.15) is 74.3 Å². The normalized spacial score (nSPS) is 15.8. The number of nitrogens with zero attached hydrogens (tertiary/aromatic N) is 2. The third-order valence-corrected chi connectivity index (χ3v) is 7.64. The van der Waals surface area contributed by atoms with Crippen LogP contribution in [0, 0.1) is 0 Å². The highest BCUT2D eigenvalue weighted by Gasteiger charge is 2.38. The lowest BCUT2D eigenvalue weighted by Gasteiger charge is -2.28. The Morgan fingerprint density at radius 3 is 2.11 bits per heavy atom. The summed E-state index contributed by atoms with van der Waals surface area (Å²) < 4.78 is 35.2. The van der Waals surface area contributed by atoms with Crippen molar-refractivity contribution < 1.29 is 32.5 Å². The SMILES string of the molecule is O=C(O)c1ccccc1/N=N/c1c(S(=O)(=O)O)cc(NC2CCCCC2)c2c1C(=O)c1ccccc1C2=O. The van der Waals surface area contributed by atoms with Gasteiger partial charge in [0.25, 0.3) is 10.1 Å². The number of carboxylic acids is 1. The first kappa shape index (κ1) is 25.4. The van der Waals surface area contributed by atoms with Crippen molar-refractivity contribution in [2.45, 2.75) is 43.0 Å². The van der Waals surface area contributed by atoms with Gasteiger partial charge in [-0.2, -0.15) is 8.42 Å². The largest absolute Gasteiger partial charge is 0.478 e. The van der Waals surface area contributed by atoms with Gasteiger partial charge in [0.2, 0.25) is 0 Å². The molecule has 3 aromatic carbocycles. The van der Waals surface area contributed by atoms with Crippen molar-refractivity contribution in [2.24, 2.45) is 10.2 Å². The molecular weight excluding hydrogens is 510 g/mol. The van der Waals surface area contributed by atoms with Crippen LogP contribution in [0.4, 0.5) is 17.1 Å². The fraction of sp³-hybridized carbons (Fsp3) is 0.222.